The van der Waals surface area contributed by atoms with Gasteiger partial charge in [-0.1, -0.05) is 12.8 Å². The van der Waals surface area contributed by atoms with Gasteiger partial charge in [0.25, 0.3) is 0 Å². The highest BCUT2D eigenvalue weighted by atomic mass is 16.4. The monoisotopic (exact) mass is 237 g/mol. The van der Waals surface area contributed by atoms with Gasteiger partial charge in [-0.2, -0.15) is 0 Å². The van der Waals surface area contributed by atoms with Gasteiger partial charge in [-0.25, -0.2) is 0 Å². The van der Waals surface area contributed by atoms with E-state index in [9.17, 15) is 9.59 Å². The molecule has 0 bridgehead atoms. The fourth-order valence-corrected chi connectivity index (χ4v) is 3.59. The third-order valence-electron chi connectivity index (χ3n) is 4.94. The first-order valence-corrected chi connectivity index (χ1v) is 6.64. The summed E-state index contributed by atoms with van der Waals surface area (Å²) in [5.41, 5.74) is 0.347. The van der Waals surface area contributed by atoms with Gasteiger partial charge in [0.15, 0.2) is 0 Å². The van der Waals surface area contributed by atoms with E-state index >= 15 is 0 Å². The third kappa shape index (κ3) is 1.83. The number of aliphatic carboxylic acids is 1. The van der Waals surface area contributed by atoms with Crippen LogP contribution in [0.15, 0.2) is 0 Å². The Balaban J connectivity index is 1.45. The maximum absolute atomic E-state index is 12.0. The number of hydrogen-bond donors (Lipinski definition) is 2. The predicted molar refractivity (Wildman–Crippen MR) is 61.3 cm³/mol. The van der Waals surface area contributed by atoms with Crippen LogP contribution in [0.1, 0.15) is 44.9 Å². The lowest BCUT2D eigenvalue weighted by molar-refractivity contribution is -0.146. The number of carboxylic acid groups (broad SMARTS) is 1. The van der Waals surface area contributed by atoms with Gasteiger partial charge in [0.2, 0.25) is 5.91 Å². The Kier molecular flexibility index (Phi) is 2.42. The molecule has 2 N–H and O–H groups in total. The fourth-order valence-electron chi connectivity index (χ4n) is 3.59. The Labute approximate surface area is 101 Å². The van der Waals surface area contributed by atoms with Crippen molar-refractivity contribution < 1.29 is 14.7 Å². The molecule has 94 valence electrons. The molecule has 1 amide bonds. The van der Waals surface area contributed by atoms with Gasteiger partial charge in [-0.15, -0.1) is 0 Å². The molecule has 3 aliphatic rings. The van der Waals surface area contributed by atoms with Crippen molar-refractivity contribution in [2.75, 3.05) is 0 Å². The van der Waals surface area contributed by atoms with E-state index in [1.807, 2.05) is 0 Å². The average molecular weight is 237 g/mol. The molecule has 1 unspecified atom stereocenters. The molecule has 3 aliphatic carbocycles. The summed E-state index contributed by atoms with van der Waals surface area (Å²) >= 11 is 0. The van der Waals surface area contributed by atoms with Crippen molar-refractivity contribution in [3.8, 4) is 0 Å². The number of amides is 1. The highest BCUT2D eigenvalue weighted by Gasteiger charge is 2.58. The number of rotatable bonds is 3. The van der Waals surface area contributed by atoms with Gasteiger partial charge in [0, 0.05) is 12.0 Å². The second kappa shape index (κ2) is 3.72. The molecule has 1 spiro atoms. The molecule has 17 heavy (non-hydrogen) atoms. The predicted octanol–water partition coefficient (Wildman–Crippen LogP) is 1.55. The van der Waals surface area contributed by atoms with E-state index in [-0.39, 0.29) is 23.8 Å². The molecule has 4 nitrogen and oxygen atoms in total. The molecule has 0 heterocycles. The Hall–Kier alpha value is -1.06. The summed E-state index contributed by atoms with van der Waals surface area (Å²) < 4.78 is 0. The lowest BCUT2D eigenvalue weighted by Crippen LogP contribution is -2.47. The summed E-state index contributed by atoms with van der Waals surface area (Å²) in [6.45, 7) is 0. The molecule has 0 aromatic rings. The van der Waals surface area contributed by atoms with Gasteiger partial charge in [0.05, 0.1) is 5.92 Å². The molecule has 3 saturated carbocycles. The SMILES string of the molecule is O=C(O)C1CC(NC(=O)C2CC23CCCC3)C1. The minimum atomic E-state index is -0.728. The van der Waals surface area contributed by atoms with Crippen molar-refractivity contribution in [3.05, 3.63) is 0 Å². The van der Waals surface area contributed by atoms with Gasteiger partial charge < -0.3 is 10.4 Å². The van der Waals surface area contributed by atoms with Crippen LogP contribution in [-0.2, 0) is 9.59 Å². The highest BCUT2D eigenvalue weighted by Crippen LogP contribution is 2.62. The zero-order valence-electron chi connectivity index (χ0n) is 9.95. The largest absolute Gasteiger partial charge is 0.481 e. The van der Waals surface area contributed by atoms with Crippen LogP contribution in [-0.4, -0.2) is 23.0 Å². The molecule has 0 aromatic carbocycles. The summed E-state index contributed by atoms with van der Waals surface area (Å²) in [5.74, 6) is -0.552. The van der Waals surface area contributed by atoms with Crippen LogP contribution in [0, 0.1) is 17.3 Å². The topological polar surface area (TPSA) is 66.4 Å². The number of hydrogen-bond acceptors (Lipinski definition) is 2. The van der Waals surface area contributed by atoms with Crippen molar-refractivity contribution >= 4 is 11.9 Å². The molecule has 0 aliphatic heterocycles. The van der Waals surface area contributed by atoms with Crippen LogP contribution in [0.3, 0.4) is 0 Å². The van der Waals surface area contributed by atoms with Crippen molar-refractivity contribution in [1.29, 1.82) is 0 Å². The zero-order chi connectivity index (χ0) is 12.0. The van der Waals surface area contributed by atoms with Gasteiger partial charge in [-0.05, 0) is 37.5 Å². The quantitative estimate of drug-likeness (QED) is 0.782. The second-order valence-corrected chi connectivity index (χ2v) is 6.04. The van der Waals surface area contributed by atoms with Crippen LogP contribution in [0.4, 0.5) is 0 Å². The number of carboxylic acids is 1. The maximum atomic E-state index is 12.0. The summed E-state index contributed by atoms with van der Waals surface area (Å²) in [5, 5.41) is 11.8. The number of carbonyl (C=O) groups excluding carboxylic acids is 1. The number of carbonyl (C=O) groups is 2. The molecule has 0 saturated heterocycles. The van der Waals surface area contributed by atoms with E-state index < -0.39 is 5.97 Å². The van der Waals surface area contributed by atoms with Crippen molar-refractivity contribution in [3.63, 3.8) is 0 Å². The Morgan fingerprint density at radius 1 is 1.18 bits per heavy atom. The van der Waals surface area contributed by atoms with Crippen LogP contribution in [0.25, 0.3) is 0 Å². The molecule has 0 radical (unpaired) electrons. The maximum Gasteiger partial charge on any atom is 0.306 e. The summed E-state index contributed by atoms with van der Waals surface area (Å²) in [7, 11) is 0. The Morgan fingerprint density at radius 2 is 1.82 bits per heavy atom. The third-order valence-corrected chi connectivity index (χ3v) is 4.94. The molecule has 3 rings (SSSR count). The summed E-state index contributed by atoms with van der Waals surface area (Å²) in [6.07, 6.45) is 7.26. The number of nitrogens with one attached hydrogen (secondary N) is 1. The first kappa shape index (κ1) is 11.1. The lowest BCUT2D eigenvalue weighted by atomic mass is 9.80. The van der Waals surface area contributed by atoms with Crippen molar-refractivity contribution in [1.82, 2.24) is 5.32 Å². The summed E-state index contributed by atoms with van der Waals surface area (Å²) in [6, 6.07) is 0.114. The fraction of sp³-hybridized carbons (Fsp3) is 0.846. The summed E-state index contributed by atoms with van der Waals surface area (Å²) in [4.78, 5) is 22.6. The molecule has 3 fully saturated rings. The van der Waals surface area contributed by atoms with Crippen LogP contribution >= 0.6 is 0 Å². The van der Waals surface area contributed by atoms with E-state index in [0.29, 0.717) is 18.3 Å². The average Bonchev–Trinajstić information content (AvgIpc) is 2.69. The Morgan fingerprint density at radius 3 is 2.41 bits per heavy atom. The van der Waals surface area contributed by atoms with Gasteiger partial charge in [-0.3, -0.25) is 9.59 Å². The van der Waals surface area contributed by atoms with Crippen LogP contribution in [0.5, 0.6) is 0 Å². The molecule has 1 atom stereocenters. The van der Waals surface area contributed by atoms with Crippen LogP contribution in [0.2, 0.25) is 0 Å². The first-order chi connectivity index (χ1) is 8.11. The second-order valence-electron chi connectivity index (χ2n) is 6.04. The normalized spacial score (nSPS) is 37.5. The van der Waals surface area contributed by atoms with E-state index in [1.54, 1.807) is 0 Å². The minimum absolute atomic E-state index is 0.114. The van der Waals surface area contributed by atoms with Crippen LogP contribution < -0.4 is 5.32 Å². The van der Waals surface area contributed by atoms with Crippen molar-refractivity contribution in [2.45, 2.75) is 51.0 Å². The van der Waals surface area contributed by atoms with Gasteiger partial charge in [0.1, 0.15) is 0 Å². The molecular weight excluding hydrogens is 218 g/mol. The highest BCUT2D eigenvalue weighted by molar-refractivity contribution is 5.83. The Bertz CT molecular complexity index is 354. The minimum Gasteiger partial charge on any atom is -0.481 e. The van der Waals surface area contributed by atoms with E-state index in [0.717, 1.165) is 6.42 Å². The van der Waals surface area contributed by atoms with E-state index in [1.165, 1.54) is 25.7 Å². The van der Waals surface area contributed by atoms with E-state index in [2.05, 4.69) is 5.32 Å². The van der Waals surface area contributed by atoms with Crippen molar-refractivity contribution in [2.24, 2.45) is 17.3 Å². The smallest absolute Gasteiger partial charge is 0.306 e. The molecule has 4 heteroatoms. The standard InChI is InChI=1S/C13H19NO3/c15-11(10-7-13(10)3-1-2-4-13)14-9-5-8(6-9)12(16)17/h8-10H,1-7H2,(H,14,15)(H,16,17). The van der Waals surface area contributed by atoms with Gasteiger partial charge >= 0.3 is 5.97 Å². The molecular formula is C13H19NO3. The lowest BCUT2D eigenvalue weighted by Gasteiger charge is -2.33. The molecule has 0 aromatic heterocycles. The van der Waals surface area contributed by atoms with E-state index in [4.69, 9.17) is 5.11 Å². The first-order valence-electron chi connectivity index (χ1n) is 6.64. The zero-order valence-corrected chi connectivity index (χ0v) is 9.95.